The Morgan fingerprint density at radius 3 is 2.84 bits per heavy atom. The number of nitrogens with zero attached hydrogens (tertiary/aromatic N) is 2. The van der Waals surface area contributed by atoms with Gasteiger partial charge in [0.1, 0.15) is 11.3 Å². The number of anilines is 1. The number of rotatable bonds is 6. The summed E-state index contributed by atoms with van der Waals surface area (Å²) in [6.07, 6.45) is 2.76. The molecule has 31 heavy (non-hydrogen) atoms. The first kappa shape index (κ1) is 22.0. The van der Waals surface area contributed by atoms with E-state index in [1.807, 2.05) is 0 Å². The van der Waals surface area contributed by atoms with Crippen LogP contribution in [0.2, 0.25) is 5.02 Å². The number of ether oxygens (including phenoxy) is 2. The highest BCUT2D eigenvalue weighted by molar-refractivity contribution is 7.90. The van der Waals surface area contributed by atoms with Crippen molar-refractivity contribution in [2.75, 3.05) is 31.4 Å². The summed E-state index contributed by atoms with van der Waals surface area (Å²) >= 11 is 7.65. The molecule has 10 heteroatoms. The molecule has 1 saturated heterocycles. The maximum Gasteiger partial charge on any atom is 0.260 e. The Kier molecular flexibility index (Phi) is 6.20. The predicted octanol–water partition coefficient (Wildman–Crippen LogP) is 4.19. The molecule has 0 N–H and O–H groups in total. The predicted molar refractivity (Wildman–Crippen MR) is 121 cm³/mol. The molecule has 1 aromatic heterocycles. The highest BCUT2D eigenvalue weighted by Crippen LogP contribution is 2.39. The molecule has 0 bridgehead atoms. The summed E-state index contributed by atoms with van der Waals surface area (Å²) in [5.41, 5.74) is 0.836. The zero-order chi connectivity index (χ0) is 22.2. The number of carbonyl (C=O) groups is 1. The van der Waals surface area contributed by atoms with Gasteiger partial charge in [0.15, 0.2) is 15.0 Å². The SMILES string of the molecule is COc1ccc(Cl)c2sc(N(CC3CCCO3)C(=O)c3cccc(S(C)(=O)=O)c3)nc12. The minimum absolute atomic E-state index is 0.0874. The summed E-state index contributed by atoms with van der Waals surface area (Å²) in [5.74, 6) is 0.209. The number of amides is 1. The van der Waals surface area contributed by atoms with E-state index in [9.17, 15) is 13.2 Å². The van der Waals surface area contributed by atoms with Gasteiger partial charge in [-0.1, -0.05) is 29.0 Å². The number of aromatic nitrogens is 1. The molecule has 0 spiro atoms. The Morgan fingerprint density at radius 1 is 1.35 bits per heavy atom. The lowest BCUT2D eigenvalue weighted by Crippen LogP contribution is -2.37. The second kappa shape index (κ2) is 8.74. The zero-order valence-corrected chi connectivity index (χ0v) is 19.4. The number of methoxy groups -OCH3 is 1. The van der Waals surface area contributed by atoms with Crippen LogP contribution in [0.1, 0.15) is 23.2 Å². The van der Waals surface area contributed by atoms with Gasteiger partial charge in [0.25, 0.3) is 5.91 Å². The van der Waals surface area contributed by atoms with Gasteiger partial charge in [-0.15, -0.1) is 0 Å². The van der Waals surface area contributed by atoms with Crippen LogP contribution < -0.4 is 9.64 Å². The van der Waals surface area contributed by atoms with Crippen molar-refractivity contribution in [3.63, 3.8) is 0 Å². The fourth-order valence-corrected chi connectivity index (χ4v) is 5.41. The second-order valence-corrected chi connectivity index (χ2v) is 10.7. The van der Waals surface area contributed by atoms with Crippen molar-refractivity contribution in [2.24, 2.45) is 0 Å². The first-order valence-corrected chi connectivity index (χ1v) is 12.7. The summed E-state index contributed by atoms with van der Waals surface area (Å²) in [5, 5.41) is 0.967. The van der Waals surface area contributed by atoms with Gasteiger partial charge in [-0.05, 0) is 43.2 Å². The Hall–Kier alpha value is -2.20. The lowest BCUT2D eigenvalue weighted by atomic mass is 10.2. The van der Waals surface area contributed by atoms with Crippen LogP contribution in [0.4, 0.5) is 5.13 Å². The quantitative estimate of drug-likeness (QED) is 0.526. The summed E-state index contributed by atoms with van der Waals surface area (Å²) < 4.78 is 35.8. The van der Waals surface area contributed by atoms with Crippen LogP contribution in [0.5, 0.6) is 5.75 Å². The van der Waals surface area contributed by atoms with Crippen LogP contribution in [-0.2, 0) is 14.6 Å². The van der Waals surface area contributed by atoms with Gasteiger partial charge in [-0.25, -0.2) is 13.4 Å². The molecular formula is C21H21ClN2O5S2. The molecule has 2 heterocycles. The van der Waals surface area contributed by atoms with Crippen LogP contribution >= 0.6 is 22.9 Å². The van der Waals surface area contributed by atoms with Crippen LogP contribution in [-0.4, -0.2) is 51.9 Å². The van der Waals surface area contributed by atoms with E-state index in [-0.39, 0.29) is 22.5 Å². The van der Waals surface area contributed by atoms with Crippen LogP contribution in [0.15, 0.2) is 41.3 Å². The van der Waals surface area contributed by atoms with Gasteiger partial charge in [0.05, 0.1) is 34.4 Å². The molecular weight excluding hydrogens is 460 g/mol. The minimum Gasteiger partial charge on any atom is -0.494 e. The number of hydrogen-bond donors (Lipinski definition) is 0. The number of sulfone groups is 1. The smallest absolute Gasteiger partial charge is 0.260 e. The van der Waals surface area contributed by atoms with E-state index in [1.54, 1.807) is 31.4 Å². The first-order valence-electron chi connectivity index (χ1n) is 9.64. The molecule has 1 aliphatic rings. The van der Waals surface area contributed by atoms with Crippen LogP contribution in [0.3, 0.4) is 0 Å². The van der Waals surface area contributed by atoms with Crippen LogP contribution in [0.25, 0.3) is 10.2 Å². The number of halogens is 1. The second-order valence-electron chi connectivity index (χ2n) is 7.27. The van der Waals surface area contributed by atoms with Gasteiger partial charge in [-0.3, -0.25) is 9.69 Å². The van der Waals surface area contributed by atoms with Gasteiger partial charge < -0.3 is 9.47 Å². The van der Waals surface area contributed by atoms with Crippen molar-refractivity contribution in [1.29, 1.82) is 0 Å². The third kappa shape index (κ3) is 4.55. The molecule has 4 rings (SSSR count). The number of fused-ring (bicyclic) bond motifs is 1. The molecule has 1 amide bonds. The summed E-state index contributed by atoms with van der Waals surface area (Å²) in [6.45, 7) is 0.956. The number of thiazole rings is 1. The summed E-state index contributed by atoms with van der Waals surface area (Å²) in [6, 6.07) is 9.48. The van der Waals surface area contributed by atoms with Gasteiger partial charge in [-0.2, -0.15) is 0 Å². The largest absolute Gasteiger partial charge is 0.494 e. The molecule has 2 aromatic carbocycles. The van der Waals surface area contributed by atoms with Gasteiger partial charge in [0.2, 0.25) is 0 Å². The van der Waals surface area contributed by atoms with E-state index in [0.717, 1.165) is 19.1 Å². The van der Waals surface area contributed by atoms with Crippen molar-refractivity contribution < 1.29 is 22.7 Å². The maximum absolute atomic E-state index is 13.5. The molecule has 0 saturated carbocycles. The number of hydrogen-bond acceptors (Lipinski definition) is 7. The van der Waals surface area contributed by atoms with Crippen molar-refractivity contribution >= 4 is 54.0 Å². The normalized spacial score (nSPS) is 16.5. The van der Waals surface area contributed by atoms with E-state index in [1.165, 1.54) is 28.4 Å². The number of carbonyl (C=O) groups excluding carboxylic acids is 1. The number of benzene rings is 2. The topological polar surface area (TPSA) is 85.8 Å². The maximum atomic E-state index is 13.5. The molecule has 0 radical (unpaired) electrons. The van der Waals surface area contributed by atoms with E-state index in [0.29, 0.717) is 39.3 Å². The summed E-state index contributed by atoms with van der Waals surface area (Å²) in [7, 11) is -1.90. The van der Waals surface area contributed by atoms with Crippen molar-refractivity contribution in [3.05, 3.63) is 47.0 Å². The standard InChI is InChI=1S/C21H21ClN2O5S2/c1-28-17-9-8-16(22)19-18(17)23-21(30-19)24(12-14-6-4-10-29-14)20(25)13-5-3-7-15(11-13)31(2,26)27/h3,5,7-9,11,14H,4,6,10,12H2,1-2H3. The zero-order valence-electron chi connectivity index (χ0n) is 17.0. The van der Waals surface area contributed by atoms with Gasteiger partial charge >= 0.3 is 0 Å². The van der Waals surface area contributed by atoms with Crippen molar-refractivity contribution in [3.8, 4) is 5.75 Å². The van der Waals surface area contributed by atoms with Crippen LogP contribution in [0, 0.1) is 0 Å². The Balaban J connectivity index is 1.79. The lowest BCUT2D eigenvalue weighted by Gasteiger charge is -2.23. The molecule has 1 unspecified atom stereocenters. The first-order chi connectivity index (χ1) is 14.8. The fraction of sp³-hybridized carbons (Fsp3) is 0.333. The molecule has 1 aliphatic heterocycles. The Labute approximate surface area is 189 Å². The Morgan fingerprint density at radius 2 is 2.16 bits per heavy atom. The molecule has 0 aliphatic carbocycles. The summed E-state index contributed by atoms with van der Waals surface area (Å²) in [4.78, 5) is 19.8. The molecule has 1 atom stereocenters. The van der Waals surface area contributed by atoms with Crippen molar-refractivity contribution in [1.82, 2.24) is 4.98 Å². The van der Waals surface area contributed by atoms with E-state index in [2.05, 4.69) is 4.98 Å². The van der Waals surface area contributed by atoms with Gasteiger partial charge in [0, 0.05) is 18.4 Å². The van der Waals surface area contributed by atoms with E-state index < -0.39 is 9.84 Å². The fourth-order valence-electron chi connectivity index (χ4n) is 3.48. The lowest BCUT2D eigenvalue weighted by molar-refractivity contribution is 0.0917. The average Bonchev–Trinajstić information content (AvgIpc) is 3.42. The van der Waals surface area contributed by atoms with E-state index in [4.69, 9.17) is 21.1 Å². The highest BCUT2D eigenvalue weighted by Gasteiger charge is 2.28. The third-order valence-electron chi connectivity index (χ3n) is 5.06. The Bertz CT molecular complexity index is 1240. The monoisotopic (exact) mass is 480 g/mol. The van der Waals surface area contributed by atoms with Crippen molar-refractivity contribution in [2.45, 2.75) is 23.8 Å². The highest BCUT2D eigenvalue weighted by atomic mass is 35.5. The third-order valence-corrected chi connectivity index (χ3v) is 7.71. The molecule has 1 fully saturated rings. The van der Waals surface area contributed by atoms with E-state index >= 15 is 0 Å². The molecule has 7 nitrogen and oxygen atoms in total. The molecule has 3 aromatic rings. The minimum atomic E-state index is -3.45. The average molecular weight is 481 g/mol. The molecule has 164 valence electrons.